The fourth-order valence-corrected chi connectivity index (χ4v) is 0.607. The Morgan fingerprint density at radius 3 is 2.36 bits per heavy atom. The van der Waals surface area contributed by atoms with Crippen LogP contribution >= 0.6 is 20.3 Å². The van der Waals surface area contributed by atoms with Gasteiger partial charge in [0, 0.05) is 11.9 Å². The van der Waals surface area contributed by atoms with Gasteiger partial charge in [0.1, 0.15) is 0 Å². The summed E-state index contributed by atoms with van der Waals surface area (Å²) in [6.07, 6.45) is 2.85. The number of halogens is 2. The van der Waals surface area contributed by atoms with Crippen LogP contribution < -0.4 is 0 Å². The Hall–Kier alpha value is 0.236. The van der Waals surface area contributed by atoms with Gasteiger partial charge in [-0.25, -0.2) is 0 Å². The summed E-state index contributed by atoms with van der Waals surface area (Å²) in [5, 5.41) is 0. The first kappa shape index (κ1) is 11.2. The molecular formula is C7H9Cl2CoN. The molecule has 0 fully saturated rings. The van der Waals surface area contributed by atoms with Crippen molar-refractivity contribution in [2.45, 2.75) is 13.3 Å². The zero-order chi connectivity index (χ0) is 8.53. The second-order valence-electron chi connectivity index (χ2n) is 1.72. The molecule has 0 aliphatic rings. The van der Waals surface area contributed by atoms with Crippen LogP contribution in [0.25, 0.3) is 0 Å². The molecule has 0 aliphatic heterocycles. The summed E-state index contributed by atoms with van der Waals surface area (Å²) in [4.78, 5) is 4.10. The molecule has 0 N–H and O–H groups in total. The van der Waals surface area contributed by atoms with E-state index in [1.807, 2.05) is 24.4 Å². The first-order valence-corrected chi connectivity index (χ1v) is 5.95. The molecule has 0 saturated heterocycles. The van der Waals surface area contributed by atoms with E-state index in [2.05, 4.69) is 11.9 Å². The van der Waals surface area contributed by atoms with Crippen molar-refractivity contribution in [3.63, 3.8) is 0 Å². The Bertz CT molecular complexity index is 169. The number of hydrogen-bond acceptors (Lipinski definition) is 1. The van der Waals surface area contributed by atoms with Crippen LogP contribution in [-0.2, 0) is 19.3 Å². The van der Waals surface area contributed by atoms with E-state index in [9.17, 15) is 0 Å². The molecule has 0 aliphatic carbocycles. The van der Waals surface area contributed by atoms with Crippen molar-refractivity contribution in [1.82, 2.24) is 4.98 Å². The van der Waals surface area contributed by atoms with Gasteiger partial charge in [-0.1, -0.05) is 13.0 Å². The Morgan fingerprint density at radius 2 is 2.09 bits per heavy atom. The first-order valence-electron chi connectivity index (χ1n) is 3.08. The molecule has 65 valence electrons. The minimum atomic E-state index is 0.382. The molecule has 1 aromatic rings. The summed E-state index contributed by atoms with van der Waals surface area (Å²) in [5.74, 6) is 0. The molecule has 0 bridgehead atoms. The number of hydrogen-bond donors (Lipinski definition) is 0. The van der Waals surface area contributed by atoms with Crippen LogP contribution in [0.3, 0.4) is 0 Å². The molecule has 0 amide bonds. The third-order valence-corrected chi connectivity index (χ3v) is 1.09. The molecule has 4 heteroatoms. The second kappa shape index (κ2) is 8.33. The number of aryl methyl sites for hydroxylation is 1. The maximum atomic E-state index is 4.73. The molecule has 1 heterocycles. The van der Waals surface area contributed by atoms with E-state index in [1.54, 1.807) is 0 Å². The Labute approximate surface area is 81.6 Å². The molecule has 0 atom stereocenters. The Morgan fingerprint density at radius 1 is 1.45 bits per heavy atom. The van der Waals surface area contributed by atoms with Gasteiger partial charge in [-0.3, -0.25) is 4.98 Å². The van der Waals surface area contributed by atoms with Crippen LogP contribution in [0.2, 0.25) is 0 Å². The van der Waals surface area contributed by atoms with Crippen molar-refractivity contribution in [2.75, 3.05) is 0 Å². The number of rotatable bonds is 1. The summed E-state index contributed by atoms with van der Waals surface area (Å²) >= 11 is 0.382. The van der Waals surface area contributed by atoms with Gasteiger partial charge < -0.3 is 0 Å². The van der Waals surface area contributed by atoms with E-state index in [0.29, 0.717) is 12.9 Å². The summed E-state index contributed by atoms with van der Waals surface area (Å²) in [6, 6.07) is 5.96. The van der Waals surface area contributed by atoms with Gasteiger partial charge in [0.25, 0.3) is 0 Å². The van der Waals surface area contributed by atoms with E-state index in [4.69, 9.17) is 20.3 Å². The third kappa shape index (κ3) is 6.63. The quantitative estimate of drug-likeness (QED) is 0.731. The summed E-state index contributed by atoms with van der Waals surface area (Å²) < 4.78 is 0. The molecule has 1 nitrogen and oxygen atoms in total. The van der Waals surface area contributed by atoms with Crippen LogP contribution in [0, 0.1) is 0 Å². The number of aromatic nitrogens is 1. The van der Waals surface area contributed by atoms with Gasteiger partial charge in [0.05, 0.1) is 0 Å². The van der Waals surface area contributed by atoms with Crippen molar-refractivity contribution in [2.24, 2.45) is 0 Å². The standard InChI is InChI=1S/C7H9N.2ClH.Co/c1-2-7-5-3-4-6-8-7;;;/h3-6H,2H2,1H3;2*1H;/q;;;+2/p-2. The van der Waals surface area contributed by atoms with E-state index < -0.39 is 0 Å². The predicted octanol–water partition coefficient (Wildman–Crippen LogP) is 3.02. The Kier molecular flexibility index (Phi) is 8.51. The molecule has 0 saturated carbocycles. The van der Waals surface area contributed by atoms with E-state index in [1.165, 1.54) is 0 Å². The minimum absolute atomic E-state index is 0.382. The molecule has 11 heavy (non-hydrogen) atoms. The summed E-state index contributed by atoms with van der Waals surface area (Å²) in [5.41, 5.74) is 1.16. The maximum absolute atomic E-state index is 4.73. The predicted molar refractivity (Wildman–Crippen MR) is 45.3 cm³/mol. The average molecular weight is 237 g/mol. The second-order valence-corrected chi connectivity index (χ2v) is 3.44. The van der Waals surface area contributed by atoms with E-state index in [-0.39, 0.29) is 0 Å². The molecule has 0 spiro atoms. The fourth-order valence-electron chi connectivity index (χ4n) is 0.607. The van der Waals surface area contributed by atoms with Crippen molar-refractivity contribution >= 4 is 20.3 Å². The summed E-state index contributed by atoms with van der Waals surface area (Å²) in [6.45, 7) is 2.10. The van der Waals surface area contributed by atoms with Crippen LogP contribution in [-0.4, -0.2) is 4.98 Å². The molecular weight excluding hydrogens is 228 g/mol. The van der Waals surface area contributed by atoms with Crippen molar-refractivity contribution in [3.8, 4) is 0 Å². The third-order valence-electron chi connectivity index (χ3n) is 1.09. The van der Waals surface area contributed by atoms with Gasteiger partial charge in [-0.2, -0.15) is 0 Å². The van der Waals surface area contributed by atoms with E-state index in [0.717, 1.165) is 12.1 Å². The summed E-state index contributed by atoms with van der Waals surface area (Å²) in [7, 11) is 9.47. The van der Waals surface area contributed by atoms with Crippen molar-refractivity contribution < 1.29 is 12.9 Å². The SMILES string of the molecule is CCc1ccccn1.[Cl][Co][Cl]. The molecule has 0 unspecified atom stereocenters. The van der Waals surface area contributed by atoms with Crippen LogP contribution in [0.4, 0.5) is 0 Å². The topological polar surface area (TPSA) is 12.9 Å². The van der Waals surface area contributed by atoms with Crippen LogP contribution in [0.15, 0.2) is 24.4 Å². The van der Waals surface area contributed by atoms with Gasteiger partial charge in [0.15, 0.2) is 0 Å². The molecule has 1 rings (SSSR count). The molecule has 0 aromatic carbocycles. The van der Waals surface area contributed by atoms with Gasteiger partial charge in [0.2, 0.25) is 0 Å². The zero-order valence-electron chi connectivity index (χ0n) is 6.05. The van der Waals surface area contributed by atoms with Crippen molar-refractivity contribution in [3.05, 3.63) is 30.1 Å². The molecule has 1 aromatic heterocycles. The van der Waals surface area contributed by atoms with Crippen LogP contribution in [0.1, 0.15) is 12.6 Å². The van der Waals surface area contributed by atoms with E-state index >= 15 is 0 Å². The normalized spacial score (nSPS) is 8.64. The monoisotopic (exact) mass is 236 g/mol. The first-order chi connectivity index (χ1) is 5.35. The van der Waals surface area contributed by atoms with Crippen molar-refractivity contribution in [1.29, 1.82) is 0 Å². The fraction of sp³-hybridized carbons (Fsp3) is 0.286. The number of nitrogens with zero attached hydrogens (tertiary/aromatic N) is 1. The van der Waals surface area contributed by atoms with Gasteiger partial charge in [-0.05, 0) is 18.6 Å². The van der Waals surface area contributed by atoms with Gasteiger partial charge >= 0.3 is 33.2 Å². The zero-order valence-corrected chi connectivity index (χ0v) is 8.61. The molecule has 0 radical (unpaired) electrons. The number of pyridine rings is 1. The Balaban J connectivity index is 0.000000292. The average Bonchev–Trinajstić information content (AvgIpc) is 2.08. The van der Waals surface area contributed by atoms with Crippen LogP contribution in [0.5, 0.6) is 0 Å². The van der Waals surface area contributed by atoms with Gasteiger partial charge in [-0.15, -0.1) is 0 Å².